The van der Waals surface area contributed by atoms with Gasteiger partial charge in [0.25, 0.3) is 0 Å². The number of halogens is 1. The lowest BCUT2D eigenvalue weighted by Gasteiger charge is -2.28. The highest BCUT2D eigenvalue weighted by Crippen LogP contribution is 2.34. The molecule has 0 aromatic carbocycles. The molecule has 1 saturated carbocycles. The Morgan fingerprint density at radius 2 is 2.14 bits per heavy atom. The Kier molecular flexibility index (Phi) is 5.92. The first kappa shape index (κ1) is 17.3. The van der Waals surface area contributed by atoms with E-state index < -0.39 is 0 Å². The summed E-state index contributed by atoms with van der Waals surface area (Å²) in [5.74, 6) is 1.79. The van der Waals surface area contributed by atoms with E-state index in [1.807, 2.05) is 7.05 Å². The standard InChI is InChI=1S/C16H28BrN5/c1-18-16(19-9-15(20(2)3)12-6-7-12)22(5)11-14-8-13(17)10-21(14)4/h8,10,12,15H,6-7,9,11H2,1-5H3,(H,18,19). The van der Waals surface area contributed by atoms with Gasteiger partial charge in [-0.1, -0.05) is 0 Å². The van der Waals surface area contributed by atoms with Crippen molar-refractivity contribution in [3.05, 3.63) is 22.4 Å². The Morgan fingerprint density at radius 3 is 2.59 bits per heavy atom. The molecule has 1 atom stereocenters. The van der Waals surface area contributed by atoms with Gasteiger partial charge in [-0.05, 0) is 54.9 Å². The maximum Gasteiger partial charge on any atom is 0.193 e. The van der Waals surface area contributed by atoms with Crippen molar-refractivity contribution in [1.29, 1.82) is 0 Å². The van der Waals surface area contributed by atoms with Gasteiger partial charge >= 0.3 is 0 Å². The molecule has 0 saturated heterocycles. The van der Waals surface area contributed by atoms with Crippen LogP contribution in [0.4, 0.5) is 0 Å². The maximum atomic E-state index is 4.42. The fraction of sp³-hybridized carbons (Fsp3) is 0.688. The predicted molar refractivity (Wildman–Crippen MR) is 96.1 cm³/mol. The van der Waals surface area contributed by atoms with Crippen LogP contribution >= 0.6 is 15.9 Å². The Balaban J connectivity index is 1.91. The highest BCUT2D eigenvalue weighted by atomic mass is 79.9. The molecule has 6 heteroatoms. The summed E-state index contributed by atoms with van der Waals surface area (Å²) in [5.41, 5.74) is 1.25. The average Bonchev–Trinajstić information content (AvgIpc) is 3.21. The molecule has 2 rings (SSSR count). The molecular formula is C16H28BrN5. The van der Waals surface area contributed by atoms with Crippen molar-refractivity contribution < 1.29 is 0 Å². The number of rotatable bonds is 6. The second-order valence-electron chi connectivity index (χ2n) is 6.41. The number of guanidine groups is 1. The van der Waals surface area contributed by atoms with Crippen LogP contribution in [0.3, 0.4) is 0 Å². The van der Waals surface area contributed by atoms with Crippen molar-refractivity contribution >= 4 is 21.9 Å². The van der Waals surface area contributed by atoms with Crippen LogP contribution in [0, 0.1) is 5.92 Å². The summed E-state index contributed by atoms with van der Waals surface area (Å²) >= 11 is 3.52. The van der Waals surface area contributed by atoms with Gasteiger partial charge in [-0.25, -0.2) is 0 Å². The number of hydrogen-bond donors (Lipinski definition) is 1. The number of hydrogen-bond acceptors (Lipinski definition) is 2. The van der Waals surface area contributed by atoms with Crippen molar-refractivity contribution in [2.45, 2.75) is 25.4 Å². The van der Waals surface area contributed by atoms with Crippen LogP contribution in [0.1, 0.15) is 18.5 Å². The summed E-state index contributed by atoms with van der Waals surface area (Å²) < 4.78 is 3.25. The molecule has 1 aromatic rings. The predicted octanol–water partition coefficient (Wildman–Crippen LogP) is 2.13. The van der Waals surface area contributed by atoms with Crippen molar-refractivity contribution in [3.8, 4) is 0 Å². The minimum absolute atomic E-state index is 0.592. The average molecular weight is 370 g/mol. The van der Waals surface area contributed by atoms with Crippen LogP contribution in [0.5, 0.6) is 0 Å². The first-order valence-corrected chi connectivity index (χ1v) is 8.60. The Bertz CT molecular complexity index is 517. The fourth-order valence-corrected chi connectivity index (χ4v) is 3.45. The third-order valence-corrected chi connectivity index (χ3v) is 4.78. The van der Waals surface area contributed by atoms with Crippen molar-refractivity contribution in [2.75, 3.05) is 34.7 Å². The van der Waals surface area contributed by atoms with E-state index in [0.29, 0.717) is 6.04 Å². The van der Waals surface area contributed by atoms with Gasteiger partial charge < -0.3 is 19.7 Å². The molecule has 1 aliphatic carbocycles. The second kappa shape index (κ2) is 7.51. The molecule has 0 amide bonds. The summed E-state index contributed by atoms with van der Waals surface area (Å²) in [6.45, 7) is 1.78. The van der Waals surface area contributed by atoms with E-state index in [4.69, 9.17) is 0 Å². The van der Waals surface area contributed by atoms with Crippen molar-refractivity contribution in [3.63, 3.8) is 0 Å². The van der Waals surface area contributed by atoms with E-state index in [1.165, 1.54) is 18.5 Å². The summed E-state index contributed by atoms with van der Waals surface area (Å²) in [6.07, 6.45) is 4.79. The molecule has 1 aliphatic rings. The molecule has 0 radical (unpaired) electrons. The second-order valence-corrected chi connectivity index (χ2v) is 7.33. The molecule has 22 heavy (non-hydrogen) atoms. The molecule has 1 fully saturated rings. The topological polar surface area (TPSA) is 35.8 Å². The highest BCUT2D eigenvalue weighted by molar-refractivity contribution is 9.10. The number of aryl methyl sites for hydroxylation is 1. The lowest BCUT2D eigenvalue weighted by molar-refractivity contribution is 0.262. The van der Waals surface area contributed by atoms with Crippen LogP contribution in [-0.4, -0.2) is 61.1 Å². The number of likely N-dealkylation sites (N-methyl/N-ethyl adjacent to an activating group) is 1. The zero-order valence-corrected chi connectivity index (χ0v) is 15.9. The van der Waals surface area contributed by atoms with Gasteiger partial charge in [-0.3, -0.25) is 4.99 Å². The first-order valence-electron chi connectivity index (χ1n) is 7.81. The van der Waals surface area contributed by atoms with E-state index in [1.54, 1.807) is 0 Å². The summed E-state index contributed by atoms with van der Waals surface area (Å²) in [5, 5.41) is 3.53. The maximum absolute atomic E-state index is 4.42. The van der Waals surface area contributed by atoms with Gasteiger partial charge in [0, 0.05) is 50.1 Å². The third kappa shape index (κ3) is 4.49. The molecule has 1 N–H and O–H groups in total. The molecule has 5 nitrogen and oxygen atoms in total. The lowest BCUT2D eigenvalue weighted by Crippen LogP contribution is -2.46. The van der Waals surface area contributed by atoms with Gasteiger partial charge in [-0.15, -0.1) is 0 Å². The smallest absolute Gasteiger partial charge is 0.193 e. The molecule has 124 valence electrons. The summed E-state index contributed by atoms with van der Waals surface area (Å²) in [7, 11) is 10.3. The molecule has 1 unspecified atom stereocenters. The van der Waals surface area contributed by atoms with E-state index in [-0.39, 0.29) is 0 Å². The quantitative estimate of drug-likeness (QED) is 0.616. The largest absolute Gasteiger partial charge is 0.355 e. The Hall–Kier alpha value is -1.01. The van der Waals surface area contributed by atoms with Gasteiger partial charge in [0.2, 0.25) is 0 Å². The summed E-state index contributed by atoms with van der Waals surface area (Å²) in [4.78, 5) is 8.92. The van der Waals surface area contributed by atoms with Crippen LogP contribution in [-0.2, 0) is 13.6 Å². The molecule has 0 spiro atoms. The lowest BCUT2D eigenvalue weighted by atomic mass is 10.1. The van der Waals surface area contributed by atoms with Crippen molar-refractivity contribution in [2.24, 2.45) is 18.0 Å². The molecule has 1 aromatic heterocycles. The zero-order chi connectivity index (χ0) is 16.3. The minimum Gasteiger partial charge on any atom is -0.355 e. The van der Waals surface area contributed by atoms with Gasteiger partial charge in [0.1, 0.15) is 0 Å². The monoisotopic (exact) mass is 369 g/mol. The molecular weight excluding hydrogens is 342 g/mol. The first-order chi connectivity index (χ1) is 10.4. The fourth-order valence-electron chi connectivity index (χ4n) is 2.87. The minimum atomic E-state index is 0.592. The van der Waals surface area contributed by atoms with Gasteiger partial charge in [0.15, 0.2) is 5.96 Å². The van der Waals surface area contributed by atoms with Crippen LogP contribution < -0.4 is 5.32 Å². The molecule has 1 heterocycles. The van der Waals surface area contributed by atoms with Gasteiger partial charge in [0.05, 0.1) is 6.54 Å². The SMILES string of the molecule is CN=C(NCC(C1CC1)N(C)C)N(C)Cc1cc(Br)cn1C. The molecule has 0 aliphatic heterocycles. The summed E-state index contributed by atoms with van der Waals surface area (Å²) in [6, 6.07) is 2.74. The van der Waals surface area contributed by atoms with Crippen LogP contribution in [0.2, 0.25) is 0 Å². The molecule has 0 bridgehead atoms. The number of nitrogens with one attached hydrogen (secondary N) is 1. The highest BCUT2D eigenvalue weighted by Gasteiger charge is 2.32. The van der Waals surface area contributed by atoms with E-state index in [2.05, 4.69) is 81.1 Å². The normalized spacial score (nSPS) is 17.0. The van der Waals surface area contributed by atoms with Crippen LogP contribution in [0.15, 0.2) is 21.7 Å². The zero-order valence-electron chi connectivity index (χ0n) is 14.3. The van der Waals surface area contributed by atoms with E-state index in [0.717, 1.165) is 29.4 Å². The Morgan fingerprint density at radius 1 is 1.45 bits per heavy atom. The van der Waals surface area contributed by atoms with E-state index >= 15 is 0 Å². The number of nitrogens with zero attached hydrogens (tertiary/aromatic N) is 4. The van der Waals surface area contributed by atoms with Crippen molar-refractivity contribution in [1.82, 2.24) is 19.7 Å². The Labute approximate surface area is 142 Å². The van der Waals surface area contributed by atoms with Crippen LogP contribution in [0.25, 0.3) is 0 Å². The number of aliphatic imine (C=N–C) groups is 1. The van der Waals surface area contributed by atoms with E-state index in [9.17, 15) is 0 Å². The number of aromatic nitrogens is 1. The third-order valence-electron chi connectivity index (χ3n) is 4.35. The van der Waals surface area contributed by atoms with Gasteiger partial charge in [-0.2, -0.15) is 0 Å².